The number of benzene rings is 2. The smallest absolute Gasteiger partial charge is 0.251 e. The number of carbonyl (C=O) groups excluding carboxylic acids is 1. The molecule has 1 amide bonds. The first-order valence-electron chi connectivity index (χ1n) is 9.67. The van der Waals surface area contributed by atoms with E-state index < -0.39 is 12.1 Å². The highest BCUT2D eigenvalue weighted by molar-refractivity contribution is 9.10. The Hall–Kier alpha value is -2.18. The lowest BCUT2D eigenvalue weighted by Gasteiger charge is -2.18. The minimum Gasteiger partial charge on any atom is -0.390 e. The number of aliphatic hydroxyl groups is 1. The highest BCUT2D eigenvalue weighted by Crippen LogP contribution is 2.34. The number of rotatable bonds is 4. The molecule has 0 bridgehead atoms. The van der Waals surface area contributed by atoms with Crippen molar-refractivity contribution in [2.24, 2.45) is 4.99 Å². The van der Waals surface area contributed by atoms with Crippen LogP contribution < -0.4 is 5.32 Å². The lowest BCUT2D eigenvalue weighted by molar-refractivity contribution is 0.0858. The number of aliphatic imine (C=N–C) groups is 1. The Balaban J connectivity index is 1.53. The van der Waals surface area contributed by atoms with Crippen LogP contribution >= 0.6 is 15.9 Å². The number of nitrogens with zero attached hydrogens (tertiary/aromatic N) is 2. The van der Waals surface area contributed by atoms with Gasteiger partial charge in [-0.1, -0.05) is 22.0 Å². The zero-order valence-corrected chi connectivity index (χ0v) is 17.4. The van der Waals surface area contributed by atoms with E-state index >= 15 is 0 Å². The van der Waals surface area contributed by atoms with E-state index in [2.05, 4.69) is 31.1 Å². The summed E-state index contributed by atoms with van der Waals surface area (Å²) in [4.78, 5) is 19.5. The molecule has 1 saturated heterocycles. The fourth-order valence-corrected chi connectivity index (χ4v) is 4.12. The predicted octanol–water partition coefficient (Wildman–Crippen LogP) is 3.90. The Morgan fingerprint density at radius 1 is 1.25 bits per heavy atom. The van der Waals surface area contributed by atoms with E-state index in [1.807, 2.05) is 43.6 Å². The molecule has 0 radical (unpaired) electrons. The standard InChI is InChI=1S/C22H24BrN3O2/c1-14-10-16(5-7-19(14)23)22(28)25-21-18-12-17(6-4-15(18)11-20(21)27)24-13-26-8-2-3-9-26/h4-7,10,12-13,20-21,27H,2-3,8-9,11H2,1H3,(H,25,28). The molecule has 6 heteroatoms. The molecular weight excluding hydrogens is 418 g/mol. The summed E-state index contributed by atoms with van der Waals surface area (Å²) >= 11 is 3.46. The topological polar surface area (TPSA) is 64.9 Å². The number of hydrogen-bond donors (Lipinski definition) is 2. The molecular formula is C22H24BrN3O2. The molecule has 146 valence electrons. The Labute approximate surface area is 173 Å². The third kappa shape index (κ3) is 3.98. The zero-order chi connectivity index (χ0) is 19.7. The van der Waals surface area contributed by atoms with Crippen molar-refractivity contribution in [3.8, 4) is 0 Å². The van der Waals surface area contributed by atoms with Crippen molar-refractivity contribution >= 4 is 33.9 Å². The summed E-state index contributed by atoms with van der Waals surface area (Å²) < 4.78 is 0.968. The molecule has 1 heterocycles. The zero-order valence-electron chi connectivity index (χ0n) is 15.9. The maximum Gasteiger partial charge on any atom is 0.251 e. The summed E-state index contributed by atoms with van der Waals surface area (Å²) in [5.74, 6) is -0.182. The van der Waals surface area contributed by atoms with Crippen LogP contribution in [-0.4, -0.2) is 41.4 Å². The molecule has 5 nitrogen and oxygen atoms in total. The number of aryl methyl sites for hydroxylation is 1. The lowest BCUT2D eigenvalue weighted by atomic mass is 10.1. The van der Waals surface area contributed by atoms with Crippen LogP contribution in [0.3, 0.4) is 0 Å². The summed E-state index contributed by atoms with van der Waals surface area (Å²) in [7, 11) is 0. The number of nitrogens with one attached hydrogen (secondary N) is 1. The summed E-state index contributed by atoms with van der Waals surface area (Å²) in [5, 5.41) is 13.5. The van der Waals surface area contributed by atoms with Crippen molar-refractivity contribution in [1.82, 2.24) is 10.2 Å². The molecule has 1 fully saturated rings. The van der Waals surface area contributed by atoms with Crippen molar-refractivity contribution in [1.29, 1.82) is 0 Å². The largest absolute Gasteiger partial charge is 0.390 e. The first-order chi connectivity index (χ1) is 13.5. The van der Waals surface area contributed by atoms with Crippen LogP contribution in [0.4, 0.5) is 5.69 Å². The maximum atomic E-state index is 12.7. The van der Waals surface area contributed by atoms with Gasteiger partial charge in [0.05, 0.1) is 24.2 Å². The van der Waals surface area contributed by atoms with Crippen LogP contribution in [0.5, 0.6) is 0 Å². The van der Waals surface area contributed by atoms with Crippen LogP contribution in [0.1, 0.15) is 45.9 Å². The van der Waals surface area contributed by atoms with Crippen molar-refractivity contribution in [3.05, 3.63) is 63.1 Å². The van der Waals surface area contributed by atoms with Crippen LogP contribution in [-0.2, 0) is 6.42 Å². The molecule has 2 aromatic rings. The van der Waals surface area contributed by atoms with Gasteiger partial charge in [-0.25, -0.2) is 4.99 Å². The monoisotopic (exact) mass is 441 g/mol. The summed E-state index contributed by atoms with van der Waals surface area (Å²) in [6, 6.07) is 11.0. The number of aliphatic hydroxyl groups excluding tert-OH is 1. The normalized spacial score (nSPS) is 21.3. The molecule has 1 aliphatic heterocycles. The molecule has 1 aliphatic carbocycles. The maximum absolute atomic E-state index is 12.7. The van der Waals surface area contributed by atoms with Crippen LogP contribution in [0, 0.1) is 6.92 Å². The predicted molar refractivity (Wildman–Crippen MR) is 114 cm³/mol. The number of halogens is 1. The number of likely N-dealkylation sites (tertiary alicyclic amines) is 1. The fourth-order valence-electron chi connectivity index (χ4n) is 3.88. The quantitative estimate of drug-likeness (QED) is 0.558. The second kappa shape index (κ2) is 8.05. The molecule has 2 atom stereocenters. The van der Waals surface area contributed by atoms with Gasteiger partial charge in [0.2, 0.25) is 0 Å². The first-order valence-corrected chi connectivity index (χ1v) is 10.5. The van der Waals surface area contributed by atoms with E-state index in [0.717, 1.165) is 39.9 Å². The van der Waals surface area contributed by atoms with Gasteiger partial charge in [0.25, 0.3) is 5.91 Å². The third-order valence-corrected chi connectivity index (χ3v) is 6.39. The minimum absolute atomic E-state index is 0.182. The lowest BCUT2D eigenvalue weighted by Crippen LogP contribution is -2.33. The fraction of sp³-hybridized carbons (Fsp3) is 0.364. The van der Waals surface area contributed by atoms with Gasteiger partial charge in [-0.15, -0.1) is 0 Å². The van der Waals surface area contributed by atoms with E-state index in [9.17, 15) is 9.90 Å². The van der Waals surface area contributed by atoms with Gasteiger partial charge in [-0.3, -0.25) is 4.79 Å². The molecule has 2 aliphatic rings. The Kier molecular flexibility index (Phi) is 5.51. The average Bonchev–Trinajstić information content (AvgIpc) is 3.30. The molecule has 2 aromatic carbocycles. The van der Waals surface area contributed by atoms with E-state index in [1.165, 1.54) is 12.8 Å². The molecule has 28 heavy (non-hydrogen) atoms. The van der Waals surface area contributed by atoms with E-state index in [1.54, 1.807) is 6.07 Å². The van der Waals surface area contributed by atoms with Crippen molar-refractivity contribution in [3.63, 3.8) is 0 Å². The summed E-state index contributed by atoms with van der Waals surface area (Å²) in [6.45, 7) is 4.06. The van der Waals surface area contributed by atoms with Gasteiger partial charge in [-0.05, 0) is 66.8 Å². The van der Waals surface area contributed by atoms with Crippen molar-refractivity contribution < 1.29 is 9.90 Å². The molecule has 4 rings (SSSR count). The van der Waals surface area contributed by atoms with Crippen LogP contribution in [0.15, 0.2) is 45.9 Å². The van der Waals surface area contributed by atoms with Gasteiger partial charge in [0.15, 0.2) is 0 Å². The van der Waals surface area contributed by atoms with Gasteiger partial charge in [-0.2, -0.15) is 0 Å². The third-order valence-electron chi connectivity index (χ3n) is 5.50. The molecule has 0 aromatic heterocycles. The van der Waals surface area contributed by atoms with Gasteiger partial charge < -0.3 is 15.3 Å². The molecule has 0 saturated carbocycles. The van der Waals surface area contributed by atoms with E-state index in [0.29, 0.717) is 12.0 Å². The number of fused-ring (bicyclic) bond motifs is 1. The average molecular weight is 442 g/mol. The van der Waals surface area contributed by atoms with Crippen LogP contribution in [0.25, 0.3) is 0 Å². The first kappa shape index (κ1) is 19.2. The van der Waals surface area contributed by atoms with Crippen molar-refractivity contribution in [2.75, 3.05) is 13.1 Å². The second-order valence-corrected chi connectivity index (χ2v) is 8.41. The number of hydrogen-bond acceptors (Lipinski definition) is 3. The summed E-state index contributed by atoms with van der Waals surface area (Å²) in [6.07, 6.45) is 4.24. The highest BCUT2D eigenvalue weighted by atomic mass is 79.9. The van der Waals surface area contributed by atoms with E-state index in [-0.39, 0.29) is 5.91 Å². The van der Waals surface area contributed by atoms with Crippen LogP contribution in [0.2, 0.25) is 0 Å². The summed E-state index contributed by atoms with van der Waals surface area (Å²) in [5.41, 5.74) is 4.44. The molecule has 2 N–H and O–H groups in total. The van der Waals surface area contributed by atoms with Gasteiger partial charge in [0.1, 0.15) is 0 Å². The Bertz CT molecular complexity index is 922. The Morgan fingerprint density at radius 2 is 2.04 bits per heavy atom. The minimum atomic E-state index is -0.631. The molecule has 0 spiro atoms. The number of carbonyl (C=O) groups is 1. The SMILES string of the molecule is Cc1cc(C(=O)NC2c3cc(N=CN4CCCC4)ccc3CC2O)ccc1Br. The number of amides is 1. The van der Waals surface area contributed by atoms with Gasteiger partial charge >= 0.3 is 0 Å². The Morgan fingerprint density at radius 3 is 2.79 bits per heavy atom. The van der Waals surface area contributed by atoms with Crippen molar-refractivity contribution in [2.45, 2.75) is 38.3 Å². The second-order valence-electron chi connectivity index (χ2n) is 7.56. The van der Waals surface area contributed by atoms with E-state index in [4.69, 9.17) is 0 Å². The molecule has 2 unspecified atom stereocenters. The van der Waals surface area contributed by atoms with Gasteiger partial charge in [0, 0.05) is 29.5 Å². The highest BCUT2D eigenvalue weighted by Gasteiger charge is 2.32.